The number of ether oxygens (including phenoxy) is 1. The molecule has 47 heavy (non-hydrogen) atoms. The predicted molar refractivity (Wildman–Crippen MR) is 167 cm³/mol. The van der Waals surface area contributed by atoms with E-state index in [1.54, 1.807) is 0 Å². The van der Waals surface area contributed by atoms with Gasteiger partial charge in [0.15, 0.2) is 0 Å². The highest BCUT2D eigenvalue weighted by molar-refractivity contribution is 7.70. The van der Waals surface area contributed by atoms with Crippen LogP contribution in [0, 0.1) is 0 Å². The first-order valence-electron chi connectivity index (χ1n) is 14.7. The summed E-state index contributed by atoms with van der Waals surface area (Å²) in [6.45, 7) is 3.52. The number of benzene rings is 1. The number of alkyl carbamates (subject to hydrolysis) is 1. The minimum Gasteiger partial charge on any atom is -0.449 e. The number of nitrogens with zero attached hydrogens (tertiary/aromatic N) is 3. The molecule has 2 aromatic rings. The fourth-order valence-corrected chi connectivity index (χ4v) is 6.64. The molecule has 1 aromatic heterocycles. The van der Waals surface area contributed by atoms with Crippen LogP contribution in [0.15, 0.2) is 48.9 Å². The maximum atomic E-state index is 13.5. The molecular formula is C26H39BN6O12P2. The number of aromatic nitrogens is 2. The lowest BCUT2D eigenvalue weighted by Crippen LogP contribution is -2.56. The van der Waals surface area contributed by atoms with Crippen LogP contribution in [-0.2, 0) is 34.4 Å². The van der Waals surface area contributed by atoms with Crippen LogP contribution in [0.1, 0.15) is 35.8 Å². The zero-order valence-corrected chi connectivity index (χ0v) is 27.4. The van der Waals surface area contributed by atoms with Crippen LogP contribution >= 0.6 is 15.2 Å². The summed E-state index contributed by atoms with van der Waals surface area (Å²) in [5.74, 6) is -1.50. The first kappa shape index (κ1) is 38.2. The third-order valence-electron chi connectivity index (χ3n) is 6.91. The molecule has 1 aliphatic heterocycles. The van der Waals surface area contributed by atoms with E-state index in [1.807, 2.05) is 42.2 Å². The van der Waals surface area contributed by atoms with Gasteiger partial charge in [-0.3, -0.25) is 33.9 Å². The lowest BCUT2D eigenvalue weighted by Gasteiger charge is -2.31. The van der Waals surface area contributed by atoms with Crippen LogP contribution in [-0.4, -0.2) is 116 Å². The molecule has 1 aliphatic rings. The van der Waals surface area contributed by atoms with Crippen LogP contribution in [0.2, 0.25) is 0 Å². The van der Waals surface area contributed by atoms with Gasteiger partial charge in [-0.15, -0.1) is 0 Å². The summed E-state index contributed by atoms with van der Waals surface area (Å²) in [6, 6.07) is 8.32. The van der Waals surface area contributed by atoms with Crippen molar-refractivity contribution in [2.24, 2.45) is 0 Å². The topological polar surface area (TPSA) is 259 Å². The third-order valence-corrected chi connectivity index (χ3v) is 10.2. The summed E-state index contributed by atoms with van der Waals surface area (Å²) in [6.07, 6.45) is 3.76. The van der Waals surface area contributed by atoms with Crippen LogP contribution in [0.3, 0.4) is 0 Å². The van der Waals surface area contributed by atoms with Crippen molar-refractivity contribution in [3.8, 4) is 0 Å². The molecule has 1 aromatic carbocycles. The second-order valence-electron chi connectivity index (χ2n) is 10.5. The van der Waals surface area contributed by atoms with Crippen molar-refractivity contribution < 1.29 is 57.1 Å². The second kappa shape index (κ2) is 18.3. The van der Waals surface area contributed by atoms with Crippen molar-refractivity contribution in [2.75, 3.05) is 39.5 Å². The Morgan fingerprint density at radius 1 is 1.00 bits per heavy atom. The van der Waals surface area contributed by atoms with Gasteiger partial charge < -0.3 is 44.3 Å². The van der Waals surface area contributed by atoms with Crippen LogP contribution in [0.4, 0.5) is 4.79 Å². The van der Waals surface area contributed by atoms with Crippen molar-refractivity contribution in [2.45, 2.75) is 43.7 Å². The molecular weight excluding hydrogens is 661 g/mol. The van der Waals surface area contributed by atoms with Gasteiger partial charge in [0.1, 0.15) is 11.7 Å². The van der Waals surface area contributed by atoms with Gasteiger partial charge in [-0.05, 0) is 18.4 Å². The van der Waals surface area contributed by atoms with Gasteiger partial charge >= 0.3 is 28.4 Å². The normalized spacial score (nSPS) is 16.0. The lowest BCUT2D eigenvalue weighted by molar-refractivity contribution is -0.123. The first-order valence-corrected chi connectivity index (χ1v) is 18.0. The van der Waals surface area contributed by atoms with E-state index >= 15 is 0 Å². The Hall–Kier alpha value is -3.25. The summed E-state index contributed by atoms with van der Waals surface area (Å²) in [7, 11) is -11.4. The van der Waals surface area contributed by atoms with E-state index in [9.17, 15) is 23.5 Å². The standard InChI is InChI=1S/C26H39BN6O12P2/c1-2-22(31-23(34)20(17-19-7-4-3-5-8-19)30-24(35)21-18-28-9-10-29-21)27-44-15-12-33(13-16-45-27)11-6-14-43-25(36)32-26(46(37,38)39)47(40,41)42/h3-5,7-10,18,20,22,26H,2,6,11-17H2,1H3,(H,30,35)(H,31,34)(H,32,36)(H2,37,38,39)(H2,40,41,42)/t20-,22+/m1/s1. The van der Waals surface area contributed by atoms with E-state index in [4.69, 9.17) is 33.6 Å². The van der Waals surface area contributed by atoms with Crippen molar-refractivity contribution in [3.05, 3.63) is 60.2 Å². The SMILES string of the molecule is CC[C@H](NC(=O)[C@@H](Cc1ccccc1)NC(=O)c1cnccn1)B1OCCN(CCCOC(=O)NC(P(=O)(O)O)P(=O)(O)O)CCO1. The van der Waals surface area contributed by atoms with Gasteiger partial charge in [0.05, 0.1) is 18.7 Å². The minimum absolute atomic E-state index is 0.0740. The van der Waals surface area contributed by atoms with Crippen molar-refractivity contribution in [3.63, 3.8) is 0 Å². The summed E-state index contributed by atoms with van der Waals surface area (Å²) in [5, 5.41) is 7.23. The Morgan fingerprint density at radius 2 is 1.66 bits per heavy atom. The van der Waals surface area contributed by atoms with E-state index in [0.717, 1.165) is 5.56 Å². The molecule has 258 valence electrons. The van der Waals surface area contributed by atoms with Crippen molar-refractivity contribution >= 4 is 40.2 Å². The quantitative estimate of drug-likeness (QED) is 0.0724. The lowest BCUT2D eigenvalue weighted by atomic mass is 9.76. The zero-order valence-electron chi connectivity index (χ0n) is 25.6. The Balaban J connectivity index is 1.48. The average molecular weight is 700 g/mol. The summed E-state index contributed by atoms with van der Waals surface area (Å²) < 4.78 is 39.3. The molecule has 0 unspecified atom stereocenters. The molecule has 0 radical (unpaired) electrons. The monoisotopic (exact) mass is 700 g/mol. The van der Waals surface area contributed by atoms with E-state index < -0.39 is 57.7 Å². The molecule has 0 saturated carbocycles. The molecule has 21 heteroatoms. The average Bonchev–Trinajstić information content (AvgIpc) is 3.01. The molecule has 3 amide bonds. The number of rotatable bonds is 15. The highest BCUT2D eigenvalue weighted by Gasteiger charge is 2.45. The summed E-state index contributed by atoms with van der Waals surface area (Å²) in [5.41, 5.74) is -1.78. The molecule has 2 heterocycles. The molecule has 0 aliphatic carbocycles. The van der Waals surface area contributed by atoms with Crippen molar-refractivity contribution in [1.29, 1.82) is 0 Å². The Bertz CT molecular complexity index is 1370. The van der Waals surface area contributed by atoms with E-state index in [1.165, 1.54) is 23.9 Å². The predicted octanol–water partition coefficient (Wildman–Crippen LogP) is -0.156. The highest BCUT2D eigenvalue weighted by Crippen LogP contribution is 2.58. The number of hydrogen-bond donors (Lipinski definition) is 7. The smallest absolute Gasteiger partial charge is 0.449 e. The van der Waals surface area contributed by atoms with Gasteiger partial charge in [0, 0.05) is 51.7 Å². The molecule has 1 fully saturated rings. The molecule has 0 spiro atoms. The minimum atomic E-state index is -5.34. The number of carbonyl (C=O) groups is 3. The Morgan fingerprint density at radius 3 is 2.23 bits per heavy atom. The number of hydrogen-bond acceptors (Lipinski definition) is 11. The summed E-state index contributed by atoms with van der Waals surface area (Å²) >= 11 is 0. The van der Waals surface area contributed by atoms with Crippen LogP contribution in [0.25, 0.3) is 0 Å². The van der Waals surface area contributed by atoms with E-state index in [2.05, 4.69) is 20.6 Å². The fraction of sp³-hybridized carbons (Fsp3) is 0.500. The summed E-state index contributed by atoms with van der Waals surface area (Å²) in [4.78, 5) is 84.4. The van der Waals surface area contributed by atoms with Gasteiger partial charge in [-0.25, -0.2) is 9.78 Å². The first-order chi connectivity index (χ1) is 22.3. The van der Waals surface area contributed by atoms with Gasteiger partial charge in [0.25, 0.3) is 5.91 Å². The van der Waals surface area contributed by atoms with E-state index in [-0.39, 0.29) is 31.9 Å². The fourth-order valence-electron chi connectivity index (χ4n) is 4.53. The molecule has 0 bridgehead atoms. The molecule has 2 atom stereocenters. The largest absolute Gasteiger partial charge is 0.480 e. The maximum Gasteiger partial charge on any atom is 0.480 e. The van der Waals surface area contributed by atoms with Gasteiger partial charge in [-0.1, -0.05) is 37.3 Å². The van der Waals surface area contributed by atoms with Gasteiger partial charge in [-0.2, -0.15) is 0 Å². The van der Waals surface area contributed by atoms with Crippen LogP contribution in [0.5, 0.6) is 0 Å². The Labute approximate surface area is 271 Å². The highest BCUT2D eigenvalue weighted by atomic mass is 31.2. The second-order valence-corrected chi connectivity index (χ2v) is 14.3. The molecule has 1 saturated heterocycles. The zero-order chi connectivity index (χ0) is 34.5. The number of nitrogens with one attached hydrogen (secondary N) is 3. The van der Waals surface area contributed by atoms with Crippen LogP contribution < -0.4 is 16.0 Å². The van der Waals surface area contributed by atoms with Gasteiger partial charge in [0.2, 0.25) is 11.4 Å². The van der Waals surface area contributed by atoms with E-state index in [0.29, 0.717) is 32.5 Å². The third kappa shape index (κ3) is 13.1. The Kier molecular flexibility index (Phi) is 14.9. The van der Waals surface area contributed by atoms with Crippen molar-refractivity contribution in [1.82, 2.24) is 30.8 Å². The molecule has 3 rings (SSSR count). The molecule has 7 N–H and O–H groups in total. The maximum absolute atomic E-state index is 13.5. The number of carbonyl (C=O) groups excluding carboxylic acids is 3. The number of amides is 3. The molecule has 18 nitrogen and oxygen atoms in total.